The molecule has 2 heterocycles. The van der Waals surface area contributed by atoms with Gasteiger partial charge in [-0.2, -0.15) is 0 Å². The summed E-state index contributed by atoms with van der Waals surface area (Å²) in [7, 11) is 0. The molecule has 1 fully saturated rings. The second-order valence-electron chi connectivity index (χ2n) is 6.85. The van der Waals surface area contributed by atoms with E-state index in [-0.39, 0.29) is 17.4 Å². The number of benzene rings is 1. The number of likely N-dealkylation sites (tertiary alicyclic amines) is 1. The molecule has 1 atom stereocenters. The fourth-order valence-electron chi connectivity index (χ4n) is 3.68. The topological polar surface area (TPSA) is 32.7 Å². The third-order valence-electron chi connectivity index (χ3n) is 5.07. The Morgan fingerprint density at radius 3 is 2.60 bits per heavy atom. The first kappa shape index (κ1) is 13.3. The zero-order valence-electron chi connectivity index (χ0n) is 12.9. The standard InChI is InChI=1S/C17H22N2O/c1-11(2)19-10-17(16(4,5)15(19)20)9-18-13-8-6-7-12(3)14(13)17/h6-9,11H,10H2,1-5H3/t17-/m1/s1. The van der Waals surface area contributed by atoms with Crippen LogP contribution in [-0.2, 0) is 10.2 Å². The van der Waals surface area contributed by atoms with Crippen LogP contribution in [0.25, 0.3) is 0 Å². The molecule has 20 heavy (non-hydrogen) atoms. The Bertz CT molecular complexity index is 615. The highest BCUT2D eigenvalue weighted by molar-refractivity contribution is 5.99. The Kier molecular flexibility index (Phi) is 2.63. The van der Waals surface area contributed by atoms with Crippen LogP contribution >= 0.6 is 0 Å². The van der Waals surface area contributed by atoms with Crippen LogP contribution in [0.1, 0.15) is 38.8 Å². The molecular formula is C17H22N2O. The summed E-state index contributed by atoms with van der Waals surface area (Å²) in [4.78, 5) is 19.4. The molecule has 0 N–H and O–H groups in total. The molecule has 1 amide bonds. The van der Waals surface area contributed by atoms with E-state index in [1.54, 1.807) is 0 Å². The quantitative estimate of drug-likeness (QED) is 0.771. The van der Waals surface area contributed by atoms with E-state index in [1.807, 2.05) is 23.2 Å². The third-order valence-corrected chi connectivity index (χ3v) is 5.07. The highest BCUT2D eigenvalue weighted by Gasteiger charge is 2.61. The summed E-state index contributed by atoms with van der Waals surface area (Å²) in [6, 6.07) is 6.43. The Labute approximate surface area is 120 Å². The predicted octanol–water partition coefficient (Wildman–Crippen LogP) is 3.23. The maximum atomic E-state index is 12.8. The van der Waals surface area contributed by atoms with Crippen molar-refractivity contribution >= 4 is 17.8 Å². The fraction of sp³-hybridized carbons (Fsp3) is 0.529. The van der Waals surface area contributed by atoms with Crippen molar-refractivity contribution in [1.82, 2.24) is 4.90 Å². The number of hydrogen-bond acceptors (Lipinski definition) is 2. The molecule has 2 aliphatic heterocycles. The van der Waals surface area contributed by atoms with Crippen LogP contribution in [0.15, 0.2) is 23.2 Å². The van der Waals surface area contributed by atoms with Gasteiger partial charge < -0.3 is 4.90 Å². The largest absolute Gasteiger partial charge is 0.338 e. The molecule has 0 unspecified atom stereocenters. The molecule has 1 spiro atoms. The average Bonchev–Trinajstić information content (AvgIpc) is 2.84. The van der Waals surface area contributed by atoms with Gasteiger partial charge in [0.1, 0.15) is 0 Å². The maximum absolute atomic E-state index is 12.8. The molecule has 1 aromatic carbocycles. The number of rotatable bonds is 1. The van der Waals surface area contributed by atoms with Crippen molar-refractivity contribution < 1.29 is 4.79 Å². The molecule has 3 heteroatoms. The molecule has 0 radical (unpaired) electrons. The van der Waals surface area contributed by atoms with Gasteiger partial charge >= 0.3 is 0 Å². The second-order valence-corrected chi connectivity index (χ2v) is 6.85. The second kappa shape index (κ2) is 3.94. The molecule has 106 valence electrons. The molecule has 3 rings (SSSR count). The monoisotopic (exact) mass is 270 g/mol. The number of carbonyl (C=O) groups is 1. The van der Waals surface area contributed by atoms with Gasteiger partial charge in [0.05, 0.1) is 16.5 Å². The van der Waals surface area contributed by atoms with E-state index in [9.17, 15) is 4.79 Å². The lowest BCUT2D eigenvalue weighted by atomic mass is 9.64. The Hall–Kier alpha value is -1.64. The number of aliphatic imine (C=N–C) groups is 1. The van der Waals surface area contributed by atoms with Gasteiger partial charge in [-0.05, 0) is 51.8 Å². The van der Waals surface area contributed by atoms with Gasteiger partial charge in [0.25, 0.3) is 0 Å². The molecule has 0 bridgehead atoms. The zero-order valence-corrected chi connectivity index (χ0v) is 12.9. The Morgan fingerprint density at radius 2 is 2.00 bits per heavy atom. The van der Waals surface area contributed by atoms with Crippen molar-refractivity contribution in [2.45, 2.75) is 46.1 Å². The van der Waals surface area contributed by atoms with E-state index in [0.29, 0.717) is 0 Å². The van der Waals surface area contributed by atoms with E-state index >= 15 is 0 Å². The van der Waals surface area contributed by atoms with Crippen LogP contribution in [0.5, 0.6) is 0 Å². The summed E-state index contributed by atoms with van der Waals surface area (Å²) < 4.78 is 0. The smallest absolute Gasteiger partial charge is 0.229 e. The molecule has 0 aromatic heterocycles. The van der Waals surface area contributed by atoms with Crippen molar-refractivity contribution in [3.8, 4) is 0 Å². The average molecular weight is 270 g/mol. The number of amides is 1. The summed E-state index contributed by atoms with van der Waals surface area (Å²) >= 11 is 0. The maximum Gasteiger partial charge on any atom is 0.229 e. The highest BCUT2D eigenvalue weighted by Crippen LogP contribution is 2.54. The molecule has 1 aromatic rings. The Balaban J connectivity index is 2.22. The molecule has 0 saturated carbocycles. The molecule has 1 saturated heterocycles. The first-order valence-corrected chi connectivity index (χ1v) is 7.27. The van der Waals surface area contributed by atoms with Crippen LogP contribution in [0.2, 0.25) is 0 Å². The van der Waals surface area contributed by atoms with Gasteiger partial charge in [0.15, 0.2) is 0 Å². The minimum Gasteiger partial charge on any atom is -0.338 e. The fourth-order valence-corrected chi connectivity index (χ4v) is 3.68. The van der Waals surface area contributed by atoms with Gasteiger partial charge in [-0.25, -0.2) is 0 Å². The lowest BCUT2D eigenvalue weighted by Crippen LogP contribution is -2.43. The summed E-state index contributed by atoms with van der Waals surface area (Å²) in [5.41, 5.74) is 2.76. The molecule has 2 aliphatic rings. The van der Waals surface area contributed by atoms with Crippen LogP contribution < -0.4 is 0 Å². The predicted molar refractivity (Wildman–Crippen MR) is 81.6 cm³/mol. The summed E-state index contributed by atoms with van der Waals surface area (Å²) in [5, 5.41) is 0. The van der Waals surface area contributed by atoms with Gasteiger partial charge in [-0.3, -0.25) is 9.79 Å². The van der Waals surface area contributed by atoms with Gasteiger partial charge in [-0.1, -0.05) is 12.1 Å². The van der Waals surface area contributed by atoms with Crippen LogP contribution in [0, 0.1) is 12.3 Å². The minimum absolute atomic E-state index is 0.225. The molecule has 3 nitrogen and oxygen atoms in total. The van der Waals surface area contributed by atoms with E-state index in [4.69, 9.17) is 0 Å². The van der Waals surface area contributed by atoms with Gasteiger partial charge in [0.2, 0.25) is 5.91 Å². The Morgan fingerprint density at radius 1 is 1.30 bits per heavy atom. The van der Waals surface area contributed by atoms with Crippen molar-refractivity contribution in [1.29, 1.82) is 0 Å². The SMILES string of the molecule is Cc1cccc2c1[C@@]1(C=N2)CN(C(C)C)C(=O)C1(C)C. The number of fused-ring (bicyclic) bond motifs is 2. The van der Waals surface area contributed by atoms with E-state index < -0.39 is 5.41 Å². The van der Waals surface area contributed by atoms with Crippen molar-refractivity contribution in [2.75, 3.05) is 6.54 Å². The van der Waals surface area contributed by atoms with Crippen LogP contribution in [-0.4, -0.2) is 29.6 Å². The lowest BCUT2D eigenvalue weighted by molar-refractivity contribution is -0.136. The first-order chi connectivity index (χ1) is 9.31. The van der Waals surface area contributed by atoms with E-state index in [2.05, 4.69) is 45.7 Å². The summed E-state index contributed by atoms with van der Waals surface area (Å²) in [5.74, 6) is 0.232. The minimum atomic E-state index is -0.446. The zero-order chi connectivity index (χ0) is 14.7. The highest BCUT2D eigenvalue weighted by atomic mass is 16.2. The lowest BCUT2D eigenvalue weighted by Gasteiger charge is -2.34. The van der Waals surface area contributed by atoms with Crippen molar-refractivity contribution in [2.24, 2.45) is 10.4 Å². The normalized spacial score (nSPS) is 26.9. The van der Waals surface area contributed by atoms with E-state index in [1.165, 1.54) is 11.1 Å². The van der Waals surface area contributed by atoms with Gasteiger partial charge in [0, 0.05) is 18.8 Å². The number of aryl methyl sites for hydroxylation is 1. The number of hydrogen-bond donors (Lipinski definition) is 0. The summed E-state index contributed by atoms with van der Waals surface area (Å²) in [6.07, 6.45) is 2.02. The first-order valence-electron chi connectivity index (χ1n) is 7.27. The molecular weight excluding hydrogens is 248 g/mol. The molecule has 0 aliphatic carbocycles. The van der Waals surface area contributed by atoms with E-state index in [0.717, 1.165) is 12.2 Å². The summed E-state index contributed by atoms with van der Waals surface area (Å²) in [6.45, 7) is 11.1. The van der Waals surface area contributed by atoms with Crippen molar-refractivity contribution in [3.05, 3.63) is 29.3 Å². The number of nitrogens with zero attached hydrogens (tertiary/aromatic N) is 2. The van der Waals surface area contributed by atoms with Crippen LogP contribution in [0.4, 0.5) is 5.69 Å². The third kappa shape index (κ3) is 1.41. The number of carbonyl (C=O) groups excluding carboxylic acids is 1. The van der Waals surface area contributed by atoms with Gasteiger partial charge in [-0.15, -0.1) is 0 Å². The van der Waals surface area contributed by atoms with Crippen molar-refractivity contribution in [3.63, 3.8) is 0 Å². The van der Waals surface area contributed by atoms with Crippen LogP contribution in [0.3, 0.4) is 0 Å².